The van der Waals surface area contributed by atoms with E-state index in [-0.39, 0.29) is 17.5 Å². The van der Waals surface area contributed by atoms with E-state index in [1.165, 1.54) is 0 Å². The topological polar surface area (TPSA) is 99.9 Å². The van der Waals surface area contributed by atoms with E-state index in [0.717, 1.165) is 31.6 Å². The first-order chi connectivity index (χ1) is 11.8. The summed E-state index contributed by atoms with van der Waals surface area (Å²) in [5.41, 5.74) is 0.967. The summed E-state index contributed by atoms with van der Waals surface area (Å²) in [4.78, 5) is 26.0. The van der Waals surface area contributed by atoms with Gasteiger partial charge in [-0.15, -0.1) is 0 Å². The Morgan fingerprint density at radius 2 is 2.12 bits per heavy atom. The van der Waals surface area contributed by atoms with Gasteiger partial charge >= 0.3 is 6.03 Å². The molecule has 1 atom stereocenters. The monoisotopic (exact) mass is 346 g/mol. The lowest BCUT2D eigenvalue weighted by Gasteiger charge is -2.32. The lowest BCUT2D eigenvalue weighted by molar-refractivity contribution is 0.175. The van der Waals surface area contributed by atoms with Gasteiger partial charge in [0.15, 0.2) is 5.82 Å². The van der Waals surface area contributed by atoms with Crippen LogP contribution in [0.15, 0.2) is 17.0 Å². The van der Waals surface area contributed by atoms with Crippen LogP contribution in [0.3, 0.4) is 0 Å². The van der Waals surface area contributed by atoms with Crippen molar-refractivity contribution in [1.29, 1.82) is 0 Å². The standard InChI is InChI=1S/C17H26N6O2/c1-11(14-21-15(22-25-14)17(2,3)4)20-16(24)23-7-5-12(6-8-23)13-9-18-10-19-13/h9-12H,5-8H2,1-4H3,(H,18,19)(H,20,24). The summed E-state index contributed by atoms with van der Waals surface area (Å²) in [6.07, 6.45) is 5.43. The predicted octanol–water partition coefficient (Wildman–Crippen LogP) is 2.74. The SMILES string of the molecule is CC(NC(=O)N1CCC(c2cnc[nH]2)CC1)c1nc(C(C)(C)C)no1. The van der Waals surface area contributed by atoms with Crippen molar-refractivity contribution in [2.24, 2.45) is 0 Å². The zero-order valence-corrected chi connectivity index (χ0v) is 15.2. The van der Waals surface area contributed by atoms with Gasteiger partial charge in [-0.05, 0) is 19.8 Å². The molecule has 3 rings (SSSR count). The van der Waals surface area contributed by atoms with Gasteiger partial charge in [-0.3, -0.25) is 0 Å². The molecule has 0 aromatic carbocycles. The van der Waals surface area contributed by atoms with Crippen molar-refractivity contribution in [2.45, 2.75) is 57.9 Å². The zero-order valence-electron chi connectivity index (χ0n) is 15.2. The van der Waals surface area contributed by atoms with E-state index < -0.39 is 0 Å². The predicted molar refractivity (Wildman–Crippen MR) is 92.1 cm³/mol. The first kappa shape index (κ1) is 17.4. The minimum absolute atomic E-state index is 0.0916. The second kappa shape index (κ2) is 6.85. The van der Waals surface area contributed by atoms with E-state index in [2.05, 4.69) is 25.4 Å². The Morgan fingerprint density at radius 1 is 1.40 bits per heavy atom. The fourth-order valence-corrected chi connectivity index (χ4v) is 2.94. The fraction of sp³-hybridized carbons (Fsp3) is 0.647. The van der Waals surface area contributed by atoms with Crippen LogP contribution >= 0.6 is 0 Å². The Balaban J connectivity index is 1.53. The molecule has 1 unspecified atom stereocenters. The first-order valence-corrected chi connectivity index (χ1v) is 8.72. The van der Waals surface area contributed by atoms with Gasteiger partial charge < -0.3 is 19.7 Å². The van der Waals surface area contributed by atoms with Crippen LogP contribution in [0.5, 0.6) is 0 Å². The lowest BCUT2D eigenvalue weighted by atomic mass is 9.94. The molecule has 2 N–H and O–H groups in total. The van der Waals surface area contributed by atoms with Gasteiger partial charge in [-0.25, -0.2) is 9.78 Å². The summed E-state index contributed by atoms with van der Waals surface area (Å²) < 4.78 is 5.30. The highest BCUT2D eigenvalue weighted by Gasteiger charge is 2.27. The van der Waals surface area contributed by atoms with Crippen molar-refractivity contribution in [3.63, 3.8) is 0 Å². The van der Waals surface area contributed by atoms with Gasteiger partial charge in [-0.1, -0.05) is 25.9 Å². The summed E-state index contributed by atoms with van der Waals surface area (Å²) in [7, 11) is 0. The molecule has 1 saturated heterocycles. The number of aromatic nitrogens is 4. The van der Waals surface area contributed by atoms with Crippen LogP contribution in [0.25, 0.3) is 0 Å². The van der Waals surface area contributed by atoms with E-state index in [1.807, 2.05) is 38.8 Å². The van der Waals surface area contributed by atoms with Crippen LogP contribution in [0.1, 0.15) is 69.9 Å². The summed E-state index contributed by atoms with van der Waals surface area (Å²) in [6.45, 7) is 9.37. The maximum atomic E-state index is 12.5. The summed E-state index contributed by atoms with van der Waals surface area (Å²) in [5.74, 6) is 1.52. The maximum absolute atomic E-state index is 12.5. The fourth-order valence-electron chi connectivity index (χ4n) is 2.94. The van der Waals surface area contributed by atoms with Crippen molar-refractivity contribution >= 4 is 6.03 Å². The number of carbonyl (C=O) groups excluding carboxylic acids is 1. The molecule has 25 heavy (non-hydrogen) atoms. The third-order valence-electron chi connectivity index (χ3n) is 4.56. The third kappa shape index (κ3) is 4.00. The molecular formula is C17H26N6O2. The van der Waals surface area contributed by atoms with Gasteiger partial charge in [0.25, 0.3) is 0 Å². The normalized spacial score (nSPS) is 17.5. The molecule has 8 heteroatoms. The summed E-state index contributed by atoms with van der Waals surface area (Å²) in [6, 6.07) is -0.410. The van der Waals surface area contributed by atoms with Crippen LogP contribution in [0.4, 0.5) is 4.79 Å². The molecular weight excluding hydrogens is 320 g/mol. The van der Waals surface area contributed by atoms with Crippen molar-refractivity contribution in [2.75, 3.05) is 13.1 Å². The average Bonchev–Trinajstić information content (AvgIpc) is 3.26. The van der Waals surface area contributed by atoms with Crippen LogP contribution in [-0.4, -0.2) is 44.1 Å². The minimum Gasteiger partial charge on any atom is -0.348 e. The number of carbonyl (C=O) groups is 1. The Hall–Kier alpha value is -2.38. The van der Waals surface area contributed by atoms with E-state index in [1.54, 1.807) is 6.33 Å². The minimum atomic E-state index is -0.318. The summed E-state index contributed by atoms with van der Waals surface area (Å²) >= 11 is 0. The number of aromatic amines is 1. The van der Waals surface area contributed by atoms with E-state index in [4.69, 9.17) is 4.52 Å². The van der Waals surface area contributed by atoms with Gasteiger partial charge in [0, 0.05) is 36.3 Å². The van der Waals surface area contributed by atoms with Crippen molar-refractivity contribution in [3.05, 3.63) is 29.9 Å². The molecule has 8 nitrogen and oxygen atoms in total. The zero-order chi connectivity index (χ0) is 18.0. The molecule has 0 aliphatic carbocycles. The van der Waals surface area contributed by atoms with Crippen LogP contribution in [0, 0.1) is 0 Å². The van der Waals surface area contributed by atoms with Crippen LogP contribution in [-0.2, 0) is 5.41 Å². The molecule has 0 radical (unpaired) electrons. The van der Waals surface area contributed by atoms with Gasteiger partial charge in [0.2, 0.25) is 5.89 Å². The molecule has 1 aliphatic rings. The van der Waals surface area contributed by atoms with E-state index in [9.17, 15) is 4.79 Å². The van der Waals surface area contributed by atoms with Crippen LogP contribution in [0.2, 0.25) is 0 Å². The molecule has 1 aliphatic heterocycles. The molecule has 2 aromatic rings. The number of nitrogens with one attached hydrogen (secondary N) is 2. The molecule has 1 fully saturated rings. The lowest BCUT2D eigenvalue weighted by Crippen LogP contribution is -2.44. The number of hydrogen-bond acceptors (Lipinski definition) is 5. The molecule has 3 heterocycles. The number of amides is 2. The highest BCUT2D eigenvalue weighted by Crippen LogP contribution is 2.26. The Kier molecular flexibility index (Phi) is 4.78. The smallest absolute Gasteiger partial charge is 0.318 e. The number of rotatable bonds is 3. The molecule has 2 amide bonds. The second-order valence-corrected chi connectivity index (χ2v) is 7.65. The van der Waals surface area contributed by atoms with Crippen molar-refractivity contribution < 1.29 is 9.32 Å². The van der Waals surface area contributed by atoms with Crippen LogP contribution < -0.4 is 5.32 Å². The first-order valence-electron chi connectivity index (χ1n) is 8.72. The Bertz CT molecular complexity index is 695. The second-order valence-electron chi connectivity index (χ2n) is 7.65. The number of H-pyrrole nitrogens is 1. The van der Waals surface area contributed by atoms with Gasteiger partial charge in [-0.2, -0.15) is 4.98 Å². The molecule has 0 spiro atoms. The number of likely N-dealkylation sites (tertiary alicyclic amines) is 1. The number of nitrogens with zero attached hydrogens (tertiary/aromatic N) is 4. The highest BCUT2D eigenvalue weighted by atomic mass is 16.5. The molecule has 2 aromatic heterocycles. The van der Waals surface area contributed by atoms with E-state index in [0.29, 0.717) is 17.6 Å². The highest BCUT2D eigenvalue weighted by molar-refractivity contribution is 5.74. The number of hydrogen-bond donors (Lipinski definition) is 2. The number of imidazole rings is 1. The Labute approximate surface area is 147 Å². The van der Waals surface area contributed by atoms with Gasteiger partial charge in [0.05, 0.1) is 6.33 Å². The number of piperidine rings is 1. The van der Waals surface area contributed by atoms with Gasteiger partial charge in [0.1, 0.15) is 6.04 Å². The molecule has 0 saturated carbocycles. The largest absolute Gasteiger partial charge is 0.348 e. The van der Waals surface area contributed by atoms with Crippen molar-refractivity contribution in [1.82, 2.24) is 30.3 Å². The molecule has 136 valence electrons. The quantitative estimate of drug-likeness (QED) is 0.890. The average molecular weight is 346 g/mol. The number of urea groups is 1. The summed E-state index contributed by atoms with van der Waals surface area (Å²) in [5, 5.41) is 6.96. The van der Waals surface area contributed by atoms with E-state index >= 15 is 0 Å². The third-order valence-corrected chi connectivity index (χ3v) is 4.56. The molecule has 0 bridgehead atoms. The maximum Gasteiger partial charge on any atom is 0.318 e. The Morgan fingerprint density at radius 3 is 2.68 bits per heavy atom. The van der Waals surface area contributed by atoms with Crippen molar-refractivity contribution in [3.8, 4) is 0 Å².